The van der Waals surface area contributed by atoms with Crippen molar-refractivity contribution in [2.24, 2.45) is 5.73 Å². The lowest BCUT2D eigenvalue weighted by atomic mass is 10.2. The summed E-state index contributed by atoms with van der Waals surface area (Å²) in [5.41, 5.74) is 6.15. The highest BCUT2D eigenvalue weighted by Crippen LogP contribution is 2.11. The number of nitrogens with one attached hydrogen (secondary N) is 2. The minimum atomic E-state index is -0.429. The minimum Gasteiger partial charge on any atom is -0.389 e. The highest BCUT2D eigenvalue weighted by atomic mass is 32.1. The maximum atomic E-state index is 11.7. The second kappa shape index (κ2) is 6.85. The minimum absolute atomic E-state index is 0.101. The lowest BCUT2D eigenvalue weighted by Crippen LogP contribution is -2.38. The Kier molecular flexibility index (Phi) is 5.44. The Balaban J connectivity index is 2.72. The molecule has 4 N–H and O–H groups in total. The largest absolute Gasteiger partial charge is 0.389 e. The van der Waals surface area contributed by atoms with Crippen molar-refractivity contribution in [3.8, 4) is 0 Å². The molecule has 98 valence electrons. The standard InChI is InChI=1S/C11H17N5OS/c1-3-5-13-11(17)7(2)15-10-8(9(12)18)4-6-14-16-10/h4,6-7H,3,5H2,1-2H3,(H2,12,18)(H,13,17)(H,15,16). The van der Waals surface area contributed by atoms with Crippen molar-refractivity contribution >= 4 is 28.9 Å². The van der Waals surface area contributed by atoms with Crippen LogP contribution < -0.4 is 16.4 Å². The number of hydrogen-bond donors (Lipinski definition) is 3. The van der Waals surface area contributed by atoms with E-state index >= 15 is 0 Å². The number of nitrogens with two attached hydrogens (primary N) is 1. The molecule has 0 spiro atoms. The van der Waals surface area contributed by atoms with Crippen LogP contribution in [0, 0.1) is 0 Å². The summed E-state index contributed by atoms with van der Waals surface area (Å²) in [4.78, 5) is 11.9. The molecule has 6 nitrogen and oxygen atoms in total. The van der Waals surface area contributed by atoms with Crippen LogP contribution in [0.2, 0.25) is 0 Å². The first-order chi connectivity index (χ1) is 8.56. The second-order valence-corrected chi connectivity index (χ2v) is 4.25. The average Bonchev–Trinajstić information content (AvgIpc) is 2.36. The molecule has 0 aliphatic carbocycles. The smallest absolute Gasteiger partial charge is 0.242 e. The molecule has 0 aliphatic heterocycles. The maximum Gasteiger partial charge on any atom is 0.242 e. The SMILES string of the molecule is CCCNC(=O)C(C)Nc1nnccc1C(N)=S. The van der Waals surface area contributed by atoms with E-state index in [1.165, 1.54) is 6.20 Å². The molecule has 0 fully saturated rings. The van der Waals surface area contributed by atoms with Gasteiger partial charge in [0.25, 0.3) is 0 Å². The van der Waals surface area contributed by atoms with Gasteiger partial charge in [-0.2, -0.15) is 5.10 Å². The van der Waals surface area contributed by atoms with Gasteiger partial charge in [-0.15, -0.1) is 5.10 Å². The van der Waals surface area contributed by atoms with Crippen LogP contribution in [0.5, 0.6) is 0 Å². The molecular formula is C11H17N5OS. The van der Waals surface area contributed by atoms with E-state index in [0.29, 0.717) is 17.9 Å². The normalized spacial score (nSPS) is 11.7. The van der Waals surface area contributed by atoms with Gasteiger partial charge in [-0.25, -0.2) is 0 Å². The Morgan fingerprint density at radius 3 is 2.94 bits per heavy atom. The molecule has 1 atom stereocenters. The van der Waals surface area contributed by atoms with Crippen LogP contribution in [0.3, 0.4) is 0 Å². The summed E-state index contributed by atoms with van der Waals surface area (Å²) in [5.74, 6) is 0.320. The van der Waals surface area contributed by atoms with E-state index < -0.39 is 6.04 Å². The van der Waals surface area contributed by atoms with E-state index in [1.807, 2.05) is 6.92 Å². The van der Waals surface area contributed by atoms with Gasteiger partial charge in [0, 0.05) is 6.54 Å². The van der Waals surface area contributed by atoms with Gasteiger partial charge in [0.2, 0.25) is 5.91 Å². The van der Waals surface area contributed by atoms with Gasteiger partial charge in [0.15, 0.2) is 5.82 Å². The van der Waals surface area contributed by atoms with Crippen molar-refractivity contribution in [3.05, 3.63) is 17.8 Å². The van der Waals surface area contributed by atoms with Gasteiger partial charge >= 0.3 is 0 Å². The van der Waals surface area contributed by atoms with Gasteiger partial charge in [-0.05, 0) is 19.4 Å². The van der Waals surface area contributed by atoms with E-state index in [4.69, 9.17) is 18.0 Å². The van der Waals surface area contributed by atoms with Crippen LogP contribution in [0.4, 0.5) is 5.82 Å². The van der Waals surface area contributed by atoms with Crippen LogP contribution >= 0.6 is 12.2 Å². The van der Waals surface area contributed by atoms with Gasteiger partial charge in [-0.1, -0.05) is 19.1 Å². The lowest BCUT2D eigenvalue weighted by molar-refractivity contribution is -0.121. The fourth-order valence-electron chi connectivity index (χ4n) is 1.31. The number of carbonyl (C=O) groups is 1. The van der Waals surface area contributed by atoms with Gasteiger partial charge in [-0.3, -0.25) is 4.79 Å². The maximum absolute atomic E-state index is 11.7. The first-order valence-corrected chi connectivity index (χ1v) is 6.12. The van der Waals surface area contributed by atoms with Crippen molar-refractivity contribution < 1.29 is 4.79 Å². The molecule has 18 heavy (non-hydrogen) atoms. The summed E-state index contributed by atoms with van der Waals surface area (Å²) in [6.07, 6.45) is 2.39. The summed E-state index contributed by atoms with van der Waals surface area (Å²) in [6, 6.07) is 1.23. The van der Waals surface area contributed by atoms with E-state index in [-0.39, 0.29) is 10.9 Å². The number of nitrogens with zero attached hydrogens (tertiary/aromatic N) is 2. The molecule has 1 rings (SSSR count). The van der Waals surface area contributed by atoms with Gasteiger partial charge in [0.05, 0.1) is 11.8 Å². The summed E-state index contributed by atoms with van der Waals surface area (Å²) >= 11 is 4.91. The molecule has 0 aromatic carbocycles. The van der Waals surface area contributed by atoms with E-state index in [1.54, 1.807) is 13.0 Å². The Hall–Kier alpha value is -1.76. The number of anilines is 1. The number of thiocarbonyl (C=S) groups is 1. The van der Waals surface area contributed by atoms with Crippen molar-refractivity contribution in [1.82, 2.24) is 15.5 Å². The fraction of sp³-hybridized carbons (Fsp3) is 0.455. The van der Waals surface area contributed by atoms with Gasteiger partial charge in [0.1, 0.15) is 11.0 Å². The quantitative estimate of drug-likeness (QED) is 0.648. The van der Waals surface area contributed by atoms with Crippen molar-refractivity contribution in [1.29, 1.82) is 0 Å². The van der Waals surface area contributed by atoms with E-state index in [0.717, 1.165) is 6.42 Å². The van der Waals surface area contributed by atoms with Crippen LogP contribution in [-0.2, 0) is 4.79 Å². The molecule has 0 radical (unpaired) electrons. The molecule has 1 heterocycles. The molecular weight excluding hydrogens is 250 g/mol. The number of rotatable bonds is 6. The number of amides is 1. The predicted molar refractivity (Wildman–Crippen MR) is 74.3 cm³/mol. The molecule has 7 heteroatoms. The zero-order chi connectivity index (χ0) is 13.5. The zero-order valence-electron chi connectivity index (χ0n) is 10.4. The fourth-order valence-corrected chi connectivity index (χ4v) is 1.47. The topological polar surface area (TPSA) is 92.9 Å². The van der Waals surface area contributed by atoms with Crippen LogP contribution in [0.1, 0.15) is 25.8 Å². The molecule has 0 saturated heterocycles. The molecule has 0 aliphatic rings. The highest BCUT2D eigenvalue weighted by Gasteiger charge is 2.15. The van der Waals surface area contributed by atoms with Gasteiger partial charge < -0.3 is 16.4 Å². The molecule has 0 bridgehead atoms. The van der Waals surface area contributed by atoms with E-state index in [2.05, 4.69) is 20.8 Å². The third-order valence-corrected chi connectivity index (χ3v) is 2.50. The summed E-state index contributed by atoms with van der Waals surface area (Å²) in [7, 11) is 0. The summed E-state index contributed by atoms with van der Waals surface area (Å²) < 4.78 is 0. The Morgan fingerprint density at radius 2 is 2.33 bits per heavy atom. The number of carbonyl (C=O) groups excluding carboxylic acids is 1. The Morgan fingerprint density at radius 1 is 1.61 bits per heavy atom. The van der Waals surface area contributed by atoms with Crippen LogP contribution in [0.15, 0.2) is 12.3 Å². The summed E-state index contributed by atoms with van der Waals surface area (Å²) in [5, 5.41) is 13.4. The first-order valence-electron chi connectivity index (χ1n) is 5.72. The Labute approximate surface area is 111 Å². The van der Waals surface area contributed by atoms with Crippen LogP contribution in [-0.4, -0.2) is 33.7 Å². The number of aromatic nitrogens is 2. The molecule has 0 saturated carbocycles. The predicted octanol–water partition coefficient (Wildman–Crippen LogP) is 0.437. The zero-order valence-corrected chi connectivity index (χ0v) is 11.3. The molecule has 1 unspecified atom stereocenters. The van der Waals surface area contributed by atoms with Crippen LogP contribution in [0.25, 0.3) is 0 Å². The second-order valence-electron chi connectivity index (χ2n) is 3.81. The lowest BCUT2D eigenvalue weighted by Gasteiger charge is -2.15. The third kappa shape index (κ3) is 3.92. The van der Waals surface area contributed by atoms with Crippen molar-refractivity contribution in [2.75, 3.05) is 11.9 Å². The number of hydrogen-bond acceptors (Lipinski definition) is 5. The van der Waals surface area contributed by atoms with Crippen molar-refractivity contribution in [3.63, 3.8) is 0 Å². The molecule has 1 aromatic rings. The molecule has 1 amide bonds. The first kappa shape index (κ1) is 14.3. The van der Waals surface area contributed by atoms with Crippen molar-refractivity contribution in [2.45, 2.75) is 26.3 Å². The molecule has 1 aromatic heterocycles. The van der Waals surface area contributed by atoms with E-state index in [9.17, 15) is 4.79 Å². The monoisotopic (exact) mass is 267 g/mol. The Bertz CT molecular complexity index is 437. The third-order valence-electron chi connectivity index (χ3n) is 2.28. The highest BCUT2D eigenvalue weighted by molar-refractivity contribution is 7.80. The summed E-state index contributed by atoms with van der Waals surface area (Å²) in [6.45, 7) is 4.38. The average molecular weight is 267 g/mol.